The summed E-state index contributed by atoms with van der Waals surface area (Å²) in [6.45, 7) is 0. The number of rotatable bonds is 5. The van der Waals surface area contributed by atoms with Gasteiger partial charge in [0.1, 0.15) is 0 Å². The molecule has 0 spiro atoms. The molecule has 60 valence electrons. The second kappa shape index (κ2) is 5.82. The largest absolute Gasteiger partial charge is 0.477 e. The fourth-order valence-electron chi connectivity index (χ4n) is 0.351. The monoisotopic (exact) mass is 184 g/mol. The van der Waals surface area contributed by atoms with E-state index >= 15 is 0 Å². The molecule has 0 saturated heterocycles. The average Bonchev–Trinajstić information content (AvgIpc) is 1.88. The number of alkyl halides is 1. The lowest BCUT2D eigenvalue weighted by Crippen LogP contribution is -2.66. The Labute approximate surface area is 68.9 Å². The lowest BCUT2D eigenvalue weighted by molar-refractivity contribution is -0.400. The minimum absolute atomic E-state index is 0.506. The molecule has 0 aromatic carbocycles. The molecule has 0 radical (unpaired) electrons. The van der Waals surface area contributed by atoms with Crippen LogP contribution in [0.15, 0.2) is 0 Å². The van der Waals surface area contributed by atoms with E-state index in [0.717, 1.165) is 5.75 Å². The maximum absolute atomic E-state index is 10.2. The van der Waals surface area contributed by atoms with Crippen molar-refractivity contribution in [3.63, 3.8) is 0 Å². The van der Waals surface area contributed by atoms with Crippen molar-refractivity contribution in [1.29, 1.82) is 0 Å². The molecule has 0 aliphatic rings. The highest BCUT2D eigenvalue weighted by Crippen LogP contribution is 2.00. The maximum atomic E-state index is 10.2. The number of carbonyl (C=O) groups is 1. The van der Waals surface area contributed by atoms with Crippen LogP contribution in [0.25, 0.3) is 0 Å². The zero-order valence-corrected chi connectivity index (χ0v) is 7.12. The van der Waals surface area contributed by atoms with Crippen LogP contribution in [-0.4, -0.2) is 34.5 Å². The van der Waals surface area contributed by atoms with Crippen LogP contribution in [0, 0.1) is 0 Å². The van der Waals surface area contributed by atoms with Crippen LogP contribution >= 0.6 is 23.4 Å². The third kappa shape index (κ3) is 4.90. The van der Waals surface area contributed by atoms with Gasteiger partial charge in [0, 0.05) is 11.6 Å². The number of aliphatic carboxylic acids is 1. The molecular formula is C5H11ClNO2S+. The van der Waals surface area contributed by atoms with Gasteiger partial charge in [0.15, 0.2) is 6.04 Å². The summed E-state index contributed by atoms with van der Waals surface area (Å²) in [6.07, 6.45) is 0. The quantitative estimate of drug-likeness (QED) is 0.454. The highest BCUT2D eigenvalue weighted by molar-refractivity contribution is 7.99. The molecule has 0 aromatic heterocycles. The number of carboxylic acid groups (broad SMARTS) is 1. The number of carboxylic acids is 1. The molecule has 0 unspecified atom stereocenters. The van der Waals surface area contributed by atoms with Crippen molar-refractivity contribution >= 4 is 29.3 Å². The minimum Gasteiger partial charge on any atom is -0.477 e. The van der Waals surface area contributed by atoms with E-state index in [2.05, 4.69) is 5.73 Å². The predicted molar refractivity (Wildman–Crippen MR) is 42.4 cm³/mol. The number of quaternary nitrogens is 1. The first kappa shape index (κ1) is 10.1. The van der Waals surface area contributed by atoms with E-state index in [9.17, 15) is 4.79 Å². The van der Waals surface area contributed by atoms with E-state index in [1.54, 1.807) is 0 Å². The lowest BCUT2D eigenvalue weighted by Gasteiger charge is -2.00. The molecule has 0 saturated carbocycles. The Morgan fingerprint density at radius 2 is 2.40 bits per heavy atom. The second-order valence-electron chi connectivity index (χ2n) is 1.80. The molecule has 0 fully saturated rings. The number of hydrogen-bond donors (Lipinski definition) is 2. The van der Waals surface area contributed by atoms with E-state index in [0.29, 0.717) is 11.6 Å². The van der Waals surface area contributed by atoms with E-state index in [4.69, 9.17) is 16.7 Å². The van der Waals surface area contributed by atoms with Crippen LogP contribution in [0.1, 0.15) is 0 Å². The van der Waals surface area contributed by atoms with Gasteiger partial charge in [-0.1, -0.05) is 0 Å². The van der Waals surface area contributed by atoms with Crippen molar-refractivity contribution in [2.45, 2.75) is 6.04 Å². The fourth-order valence-corrected chi connectivity index (χ4v) is 1.38. The van der Waals surface area contributed by atoms with Gasteiger partial charge in [-0.2, -0.15) is 11.8 Å². The SMILES string of the molecule is [NH3+][C@@H](CSCCCl)C(=O)O. The Morgan fingerprint density at radius 1 is 1.80 bits per heavy atom. The first-order valence-corrected chi connectivity index (χ1v) is 4.57. The molecule has 3 nitrogen and oxygen atoms in total. The number of halogens is 1. The van der Waals surface area contributed by atoms with Crippen molar-refractivity contribution in [2.75, 3.05) is 17.4 Å². The highest BCUT2D eigenvalue weighted by atomic mass is 35.5. The predicted octanol–water partition coefficient (Wildman–Crippen LogP) is -0.347. The topological polar surface area (TPSA) is 64.9 Å². The summed E-state index contributed by atoms with van der Waals surface area (Å²) < 4.78 is 0. The van der Waals surface area contributed by atoms with Crippen molar-refractivity contribution in [1.82, 2.24) is 0 Å². The maximum Gasteiger partial charge on any atom is 0.363 e. The van der Waals surface area contributed by atoms with Gasteiger partial charge in [-0.05, 0) is 0 Å². The fraction of sp³-hybridized carbons (Fsp3) is 0.800. The van der Waals surface area contributed by atoms with Gasteiger partial charge in [0.25, 0.3) is 0 Å². The summed E-state index contributed by atoms with van der Waals surface area (Å²) in [4.78, 5) is 10.2. The second-order valence-corrected chi connectivity index (χ2v) is 3.33. The molecule has 0 aliphatic carbocycles. The standard InChI is InChI=1S/C5H10ClNO2S/c6-1-2-10-3-4(7)5(8)9/h4H,1-3,7H2,(H,8,9)/p+1/t4-/m0/s1. The Kier molecular flexibility index (Phi) is 5.87. The molecule has 0 heterocycles. The van der Waals surface area contributed by atoms with Crippen molar-refractivity contribution in [3.05, 3.63) is 0 Å². The first-order chi connectivity index (χ1) is 4.68. The zero-order chi connectivity index (χ0) is 7.98. The van der Waals surface area contributed by atoms with Gasteiger partial charge in [0.05, 0.1) is 5.75 Å². The molecule has 0 aliphatic heterocycles. The third-order valence-corrected chi connectivity index (χ3v) is 2.43. The Hall–Kier alpha value is 0.0700. The summed E-state index contributed by atoms with van der Waals surface area (Å²) in [6, 6.07) is -0.506. The average molecular weight is 185 g/mol. The highest BCUT2D eigenvalue weighted by Gasteiger charge is 2.14. The molecule has 0 rings (SSSR count). The zero-order valence-electron chi connectivity index (χ0n) is 5.55. The van der Waals surface area contributed by atoms with Crippen molar-refractivity contribution < 1.29 is 15.6 Å². The summed E-state index contributed by atoms with van der Waals surface area (Å²) in [5, 5.41) is 8.37. The van der Waals surface area contributed by atoms with Gasteiger partial charge >= 0.3 is 5.97 Å². The molecule has 1 atom stereocenters. The molecule has 10 heavy (non-hydrogen) atoms. The number of hydrogen-bond acceptors (Lipinski definition) is 2. The Morgan fingerprint density at radius 3 is 2.80 bits per heavy atom. The van der Waals surface area contributed by atoms with Crippen LogP contribution in [-0.2, 0) is 4.79 Å². The summed E-state index contributed by atoms with van der Waals surface area (Å²) in [5.74, 6) is 1.06. The Bertz CT molecular complexity index is 112. The molecular weight excluding hydrogens is 174 g/mol. The van der Waals surface area contributed by atoms with E-state index in [-0.39, 0.29) is 0 Å². The lowest BCUT2D eigenvalue weighted by atomic mass is 10.4. The summed E-state index contributed by atoms with van der Waals surface area (Å²) in [5.41, 5.74) is 3.45. The van der Waals surface area contributed by atoms with Gasteiger partial charge in [-0.3, -0.25) is 0 Å². The number of thioether (sulfide) groups is 1. The van der Waals surface area contributed by atoms with Crippen LogP contribution in [0.4, 0.5) is 0 Å². The third-order valence-electron chi connectivity index (χ3n) is 0.890. The molecule has 0 aromatic rings. The summed E-state index contributed by atoms with van der Waals surface area (Å²) >= 11 is 6.89. The molecule has 0 bridgehead atoms. The Balaban J connectivity index is 3.21. The van der Waals surface area contributed by atoms with Crippen LogP contribution in [0.2, 0.25) is 0 Å². The van der Waals surface area contributed by atoms with Gasteiger partial charge in [-0.25, -0.2) is 4.79 Å². The normalized spacial score (nSPS) is 13.0. The van der Waals surface area contributed by atoms with E-state index < -0.39 is 12.0 Å². The van der Waals surface area contributed by atoms with Crippen LogP contribution in [0.5, 0.6) is 0 Å². The smallest absolute Gasteiger partial charge is 0.363 e. The summed E-state index contributed by atoms with van der Waals surface area (Å²) in [7, 11) is 0. The van der Waals surface area contributed by atoms with Gasteiger partial charge < -0.3 is 10.8 Å². The van der Waals surface area contributed by atoms with Gasteiger partial charge in [-0.15, -0.1) is 11.6 Å². The minimum atomic E-state index is -0.845. The van der Waals surface area contributed by atoms with Gasteiger partial charge in [0.2, 0.25) is 0 Å². The molecule has 0 amide bonds. The molecule has 4 N–H and O–H groups in total. The van der Waals surface area contributed by atoms with Crippen molar-refractivity contribution in [3.8, 4) is 0 Å². The van der Waals surface area contributed by atoms with E-state index in [1.807, 2.05) is 0 Å². The van der Waals surface area contributed by atoms with E-state index in [1.165, 1.54) is 11.8 Å². The van der Waals surface area contributed by atoms with Crippen LogP contribution < -0.4 is 5.73 Å². The van der Waals surface area contributed by atoms with Crippen molar-refractivity contribution in [2.24, 2.45) is 0 Å². The molecule has 5 heteroatoms. The first-order valence-electron chi connectivity index (χ1n) is 2.88. The van der Waals surface area contributed by atoms with Crippen LogP contribution in [0.3, 0.4) is 0 Å².